The molecule has 0 bridgehead atoms. The summed E-state index contributed by atoms with van der Waals surface area (Å²) in [7, 11) is 0. The van der Waals surface area contributed by atoms with Gasteiger partial charge in [-0.2, -0.15) is 0 Å². The van der Waals surface area contributed by atoms with Gasteiger partial charge in [-0.25, -0.2) is 4.79 Å². The summed E-state index contributed by atoms with van der Waals surface area (Å²) in [6.07, 6.45) is 2.17. The van der Waals surface area contributed by atoms with Crippen molar-refractivity contribution in [3.63, 3.8) is 0 Å². The predicted octanol–water partition coefficient (Wildman–Crippen LogP) is 1.36. The molecule has 0 aromatic heterocycles. The average molecular weight is 264 g/mol. The summed E-state index contributed by atoms with van der Waals surface area (Å²) in [5.41, 5.74) is 0.920. The number of nitrogens with one attached hydrogen (secondary N) is 1. The van der Waals surface area contributed by atoms with Gasteiger partial charge in [0.25, 0.3) is 0 Å². The number of ether oxygens (including phenoxy) is 1. The summed E-state index contributed by atoms with van der Waals surface area (Å²) in [6, 6.07) is 7.51. The SMILES string of the molecule is O=C(NCc1ccccc1OCCO)N1CCCC1. The molecule has 0 atom stereocenters. The second kappa shape index (κ2) is 6.99. The fraction of sp³-hybridized carbons (Fsp3) is 0.500. The van der Waals surface area contributed by atoms with Crippen LogP contribution in [0, 0.1) is 0 Å². The molecule has 2 N–H and O–H groups in total. The normalized spacial score (nSPS) is 14.5. The lowest BCUT2D eigenvalue weighted by molar-refractivity contribution is 0.199. The van der Waals surface area contributed by atoms with Crippen LogP contribution in [0.1, 0.15) is 18.4 Å². The van der Waals surface area contributed by atoms with Crippen molar-refractivity contribution in [3.8, 4) is 5.75 Å². The van der Waals surface area contributed by atoms with E-state index in [0.29, 0.717) is 12.3 Å². The lowest BCUT2D eigenvalue weighted by atomic mass is 10.2. The second-order valence-electron chi connectivity index (χ2n) is 4.53. The molecule has 19 heavy (non-hydrogen) atoms. The molecule has 1 aliphatic rings. The third kappa shape index (κ3) is 3.86. The Kier molecular flexibility index (Phi) is 5.03. The van der Waals surface area contributed by atoms with Crippen molar-refractivity contribution in [2.24, 2.45) is 0 Å². The van der Waals surface area contributed by atoms with E-state index in [1.54, 1.807) is 0 Å². The van der Waals surface area contributed by atoms with Crippen molar-refractivity contribution in [3.05, 3.63) is 29.8 Å². The zero-order chi connectivity index (χ0) is 13.5. The lowest BCUT2D eigenvalue weighted by Gasteiger charge is -2.17. The maximum atomic E-state index is 11.9. The van der Waals surface area contributed by atoms with E-state index in [0.717, 1.165) is 31.5 Å². The molecular weight excluding hydrogens is 244 g/mol. The first-order chi connectivity index (χ1) is 9.31. The summed E-state index contributed by atoms with van der Waals surface area (Å²) in [4.78, 5) is 13.7. The van der Waals surface area contributed by atoms with Crippen molar-refractivity contribution < 1.29 is 14.6 Å². The van der Waals surface area contributed by atoms with Crippen LogP contribution in [0.5, 0.6) is 5.75 Å². The Hall–Kier alpha value is -1.75. The van der Waals surface area contributed by atoms with Gasteiger partial charge in [-0.05, 0) is 18.9 Å². The third-order valence-electron chi connectivity index (χ3n) is 3.14. The minimum Gasteiger partial charge on any atom is -0.491 e. The van der Waals surface area contributed by atoms with Gasteiger partial charge in [-0.1, -0.05) is 18.2 Å². The van der Waals surface area contributed by atoms with Gasteiger partial charge in [0.05, 0.1) is 6.61 Å². The van der Waals surface area contributed by atoms with E-state index in [2.05, 4.69) is 5.32 Å². The first kappa shape index (κ1) is 13.7. The van der Waals surface area contributed by atoms with Gasteiger partial charge in [0.15, 0.2) is 0 Å². The number of para-hydroxylation sites is 1. The number of benzene rings is 1. The highest BCUT2D eigenvalue weighted by Gasteiger charge is 2.17. The molecule has 5 nitrogen and oxygen atoms in total. The summed E-state index contributed by atoms with van der Waals surface area (Å²) >= 11 is 0. The molecule has 1 heterocycles. The van der Waals surface area contributed by atoms with Gasteiger partial charge in [-0.15, -0.1) is 0 Å². The van der Waals surface area contributed by atoms with Crippen molar-refractivity contribution in [1.29, 1.82) is 0 Å². The number of hydrogen-bond acceptors (Lipinski definition) is 3. The zero-order valence-electron chi connectivity index (χ0n) is 11.0. The number of amides is 2. The van der Waals surface area contributed by atoms with E-state index in [-0.39, 0.29) is 19.2 Å². The number of rotatable bonds is 5. The second-order valence-corrected chi connectivity index (χ2v) is 4.53. The molecule has 1 aromatic rings. The molecule has 0 spiro atoms. The predicted molar refractivity (Wildman–Crippen MR) is 72.1 cm³/mol. The highest BCUT2D eigenvalue weighted by atomic mass is 16.5. The number of aliphatic hydroxyl groups is 1. The summed E-state index contributed by atoms with van der Waals surface area (Å²) < 4.78 is 5.43. The molecule has 0 aliphatic carbocycles. The molecule has 0 unspecified atom stereocenters. The van der Waals surface area contributed by atoms with Crippen molar-refractivity contribution in [1.82, 2.24) is 10.2 Å². The quantitative estimate of drug-likeness (QED) is 0.844. The summed E-state index contributed by atoms with van der Waals surface area (Å²) in [5.74, 6) is 0.707. The fourth-order valence-electron chi connectivity index (χ4n) is 2.15. The highest BCUT2D eigenvalue weighted by Crippen LogP contribution is 2.17. The first-order valence-electron chi connectivity index (χ1n) is 6.65. The highest BCUT2D eigenvalue weighted by molar-refractivity contribution is 5.74. The summed E-state index contributed by atoms with van der Waals surface area (Å²) in [5, 5.41) is 11.7. The molecule has 0 radical (unpaired) electrons. The molecule has 2 amide bonds. The van der Waals surface area contributed by atoms with Crippen molar-refractivity contribution >= 4 is 6.03 Å². The lowest BCUT2D eigenvalue weighted by Crippen LogP contribution is -2.37. The van der Waals surface area contributed by atoms with Crippen LogP contribution in [-0.2, 0) is 6.54 Å². The van der Waals surface area contributed by atoms with E-state index in [1.807, 2.05) is 29.2 Å². The van der Waals surface area contributed by atoms with Crippen molar-refractivity contribution in [2.75, 3.05) is 26.3 Å². The average Bonchev–Trinajstić information content (AvgIpc) is 2.97. The Balaban J connectivity index is 1.89. The van der Waals surface area contributed by atoms with E-state index in [9.17, 15) is 4.79 Å². The topological polar surface area (TPSA) is 61.8 Å². The van der Waals surface area contributed by atoms with Crippen LogP contribution in [0.4, 0.5) is 4.79 Å². The Morgan fingerprint density at radius 2 is 2.05 bits per heavy atom. The number of likely N-dealkylation sites (tertiary alicyclic amines) is 1. The number of urea groups is 1. The number of carbonyl (C=O) groups excluding carboxylic acids is 1. The Bertz CT molecular complexity index is 417. The van der Waals surface area contributed by atoms with Crippen LogP contribution in [-0.4, -0.2) is 42.3 Å². The monoisotopic (exact) mass is 264 g/mol. The Morgan fingerprint density at radius 3 is 2.79 bits per heavy atom. The molecule has 1 aliphatic heterocycles. The van der Waals surface area contributed by atoms with Gasteiger partial charge in [-0.3, -0.25) is 0 Å². The fourth-order valence-corrected chi connectivity index (χ4v) is 2.15. The zero-order valence-corrected chi connectivity index (χ0v) is 11.0. The number of carbonyl (C=O) groups is 1. The molecule has 1 saturated heterocycles. The van der Waals surface area contributed by atoms with Gasteiger partial charge < -0.3 is 20.1 Å². The van der Waals surface area contributed by atoms with Crippen LogP contribution >= 0.6 is 0 Å². The van der Waals surface area contributed by atoms with Gasteiger partial charge in [0.1, 0.15) is 12.4 Å². The van der Waals surface area contributed by atoms with Crippen LogP contribution in [0.3, 0.4) is 0 Å². The Morgan fingerprint density at radius 1 is 1.32 bits per heavy atom. The van der Waals surface area contributed by atoms with Crippen LogP contribution in [0.15, 0.2) is 24.3 Å². The molecule has 0 saturated carbocycles. The maximum Gasteiger partial charge on any atom is 0.317 e. The van der Waals surface area contributed by atoms with Gasteiger partial charge >= 0.3 is 6.03 Å². The first-order valence-corrected chi connectivity index (χ1v) is 6.65. The number of nitrogens with zero attached hydrogens (tertiary/aromatic N) is 1. The third-order valence-corrected chi connectivity index (χ3v) is 3.14. The standard InChI is InChI=1S/C14H20N2O3/c17-9-10-19-13-6-2-1-5-12(13)11-15-14(18)16-7-3-4-8-16/h1-2,5-6,17H,3-4,7-11H2,(H,15,18). The van der Waals surface area contributed by atoms with Gasteiger partial charge in [0.2, 0.25) is 0 Å². The molecular formula is C14H20N2O3. The van der Waals surface area contributed by atoms with E-state index >= 15 is 0 Å². The van der Waals surface area contributed by atoms with E-state index in [4.69, 9.17) is 9.84 Å². The van der Waals surface area contributed by atoms with Crippen LogP contribution in [0.2, 0.25) is 0 Å². The minimum absolute atomic E-state index is 0.0190. The minimum atomic E-state index is -0.0194. The number of hydrogen-bond donors (Lipinski definition) is 2. The van der Waals surface area contributed by atoms with Crippen LogP contribution in [0.25, 0.3) is 0 Å². The summed E-state index contributed by atoms with van der Waals surface area (Å²) in [6.45, 7) is 2.37. The smallest absolute Gasteiger partial charge is 0.317 e. The van der Waals surface area contributed by atoms with E-state index < -0.39 is 0 Å². The largest absolute Gasteiger partial charge is 0.491 e. The maximum absolute atomic E-state index is 11.9. The molecule has 5 heteroatoms. The Labute approximate surface area is 113 Å². The molecule has 1 aromatic carbocycles. The van der Waals surface area contributed by atoms with E-state index in [1.165, 1.54) is 0 Å². The van der Waals surface area contributed by atoms with Crippen LogP contribution < -0.4 is 10.1 Å². The molecule has 2 rings (SSSR count). The van der Waals surface area contributed by atoms with Crippen molar-refractivity contribution in [2.45, 2.75) is 19.4 Å². The molecule has 1 fully saturated rings. The van der Waals surface area contributed by atoms with Gasteiger partial charge in [0, 0.05) is 25.2 Å². The molecule has 104 valence electrons. The number of aliphatic hydroxyl groups excluding tert-OH is 1.